The highest BCUT2D eigenvalue weighted by Gasteiger charge is 2.38. The average molecular weight is 337 g/mol. The summed E-state index contributed by atoms with van der Waals surface area (Å²) in [4.78, 5) is 37.0. The number of nitrogens with zero attached hydrogens (tertiary/aromatic N) is 1. The number of esters is 1. The molecule has 5 nitrogen and oxygen atoms in total. The van der Waals surface area contributed by atoms with Gasteiger partial charge < -0.3 is 9.64 Å². The fourth-order valence-corrected chi connectivity index (χ4v) is 2.99. The molecule has 0 aromatic heterocycles. The number of carbonyl (C=O) groups is 3. The molecule has 2 atom stereocenters. The Hall–Kier alpha value is -2.95. The van der Waals surface area contributed by atoms with Crippen LogP contribution in [0.1, 0.15) is 35.3 Å². The first-order chi connectivity index (χ1) is 12.1. The van der Waals surface area contributed by atoms with Gasteiger partial charge in [0.05, 0.1) is 12.0 Å². The fourth-order valence-electron chi connectivity index (χ4n) is 2.99. The fraction of sp³-hybridized carbons (Fsp3) is 0.250. The van der Waals surface area contributed by atoms with Gasteiger partial charge in [-0.2, -0.15) is 0 Å². The van der Waals surface area contributed by atoms with Crippen molar-refractivity contribution in [2.45, 2.75) is 19.4 Å². The predicted octanol–water partition coefficient (Wildman–Crippen LogP) is 3.01. The Bertz CT molecular complexity index is 770. The molecule has 5 heteroatoms. The first-order valence-corrected chi connectivity index (χ1v) is 8.20. The molecule has 0 unspecified atom stereocenters. The van der Waals surface area contributed by atoms with E-state index in [9.17, 15) is 14.4 Å². The summed E-state index contributed by atoms with van der Waals surface area (Å²) in [5.74, 6) is -0.577. The monoisotopic (exact) mass is 337 g/mol. The third-order valence-corrected chi connectivity index (χ3v) is 4.48. The number of aldehydes is 1. The zero-order valence-corrected chi connectivity index (χ0v) is 13.9. The maximum atomic E-state index is 12.3. The Morgan fingerprint density at radius 1 is 1.16 bits per heavy atom. The second kappa shape index (κ2) is 7.30. The molecule has 3 rings (SSSR count). The minimum atomic E-state index is -0.482. The highest BCUT2D eigenvalue weighted by atomic mass is 16.5. The number of likely N-dealkylation sites (tertiary alicyclic amines) is 1. The van der Waals surface area contributed by atoms with E-state index >= 15 is 0 Å². The van der Waals surface area contributed by atoms with E-state index in [2.05, 4.69) is 0 Å². The van der Waals surface area contributed by atoms with Crippen molar-refractivity contribution in [1.29, 1.82) is 0 Å². The van der Waals surface area contributed by atoms with Crippen molar-refractivity contribution in [1.82, 2.24) is 4.90 Å². The first-order valence-electron chi connectivity index (χ1n) is 8.20. The number of ether oxygens (including phenoxy) is 1. The van der Waals surface area contributed by atoms with Crippen LogP contribution in [0.15, 0.2) is 54.6 Å². The molecule has 1 saturated heterocycles. The normalized spacial score (nSPS) is 18.0. The van der Waals surface area contributed by atoms with Crippen molar-refractivity contribution >= 4 is 18.2 Å². The van der Waals surface area contributed by atoms with Gasteiger partial charge in [-0.25, -0.2) is 0 Å². The van der Waals surface area contributed by atoms with Crippen molar-refractivity contribution in [3.8, 4) is 5.75 Å². The van der Waals surface area contributed by atoms with E-state index in [-0.39, 0.29) is 18.4 Å². The van der Waals surface area contributed by atoms with Crippen LogP contribution >= 0.6 is 0 Å². The van der Waals surface area contributed by atoms with Crippen LogP contribution < -0.4 is 4.74 Å². The molecule has 1 fully saturated rings. The lowest BCUT2D eigenvalue weighted by molar-refractivity contribution is -0.139. The minimum absolute atomic E-state index is 0.0467. The minimum Gasteiger partial charge on any atom is -0.426 e. The Balaban J connectivity index is 1.65. The Kier molecular flexibility index (Phi) is 4.93. The van der Waals surface area contributed by atoms with E-state index in [0.717, 1.165) is 11.8 Å². The summed E-state index contributed by atoms with van der Waals surface area (Å²) in [6.07, 6.45) is 0.881. The smallest absolute Gasteiger partial charge is 0.316 e. The SMILES string of the molecule is C[C@@H](c1ccccc1)N1C[C@@H](C(=O)Oc2ccc(C=O)cc2)CC1=O. The lowest BCUT2D eigenvalue weighted by atomic mass is 10.1. The molecule has 0 aliphatic carbocycles. The van der Waals surface area contributed by atoms with E-state index < -0.39 is 11.9 Å². The molecule has 128 valence electrons. The molecule has 25 heavy (non-hydrogen) atoms. The zero-order valence-electron chi connectivity index (χ0n) is 13.9. The molecule has 2 aromatic carbocycles. The molecule has 2 aromatic rings. The van der Waals surface area contributed by atoms with E-state index in [0.29, 0.717) is 17.9 Å². The van der Waals surface area contributed by atoms with Crippen molar-refractivity contribution < 1.29 is 19.1 Å². The average Bonchev–Trinajstić information content (AvgIpc) is 3.04. The molecule has 1 aliphatic rings. The van der Waals surface area contributed by atoms with E-state index in [1.165, 1.54) is 0 Å². The molecule has 1 aliphatic heterocycles. The summed E-state index contributed by atoms with van der Waals surface area (Å²) >= 11 is 0. The Morgan fingerprint density at radius 2 is 1.84 bits per heavy atom. The second-order valence-corrected chi connectivity index (χ2v) is 6.14. The molecule has 0 spiro atoms. The quantitative estimate of drug-likeness (QED) is 0.478. The third-order valence-electron chi connectivity index (χ3n) is 4.48. The third kappa shape index (κ3) is 3.76. The predicted molar refractivity (Wildman–Crippen MR) is 92.1 cm³/mol. The van der Waals surface area contributed by atoms with E-state index in [1.807, 2.05) is 37.3 Å². The lowest BCUT2D eigenvalue weighted by Crippen LogP contribution is -2.30. The van der Waals surface area contributed by atoms with Crippen LogP contribution in [0.5, 0.6) is 5.75 Å². The number of benzene rings is 2. The summed E-state index contributed by atoms with van der Waals surface area (Å²) in [6.45, 7) is 2.30. The van der Waals surface area contributed by atoms with Gasteiger partial charge in [0.25, 0.3) is 0 Å². The van der Waals surface area contributed by atoms with Gasteiger partial charge in [-0.3, -0.25) is 14.4 Å². The summed E-state index contributed by atoms with van der Waals surface area (Å²) in [6, 6.07) is 16.0. The largest absolute Gasteiger partial charge is 0.426 e. The van der Waals surface area contributed by atoms with E-state index in [1.54, 1.807) is 29.2 Å². The van der Waals surface area contributed by atoms with Gasteiger partial charge in [-0.15, -0.1) is 0 Å². The molecule has 0 N–H and O–H groups in total. The van der Waals surface area contributed by atoms with Crippen LogP contribution in [-0.4, -0.2) is 29.6 Å². The van der Waals surface area contributed by atoms with Gasteiger partial charge in [0.15, 0.2) is 0 Å². The maximum absolute atomic E-state index is 12.3. The standard InChI is InChI=1S/C20H19NO4/c1-14(16-5-3-2-4-6-16)21-12-17(11-19(21)23)20(24)25-18-9-7-15(13-22)8-10-18/h2-10,13-14,17H,11-12H2,1H3/t14-,17-/m0/s1. The van der Waals surface area contributed by atoms with Crippen LogP contribution in [0, 0.1) is 5.92 Å². The number of carbonyl (C=O) groups excluding carboxylic acids is 3. The number of amides is 1. The topological polar surface area (TPSA) is 63.7 Å². The van der Waals surface area contributed by atoms with Crippen LogP contribution in [0.3, 0.4) is 0 Å². The van der Waals surface area contributed by atoms with Gasteiger partial charge in [0, 0.05) is 18.5 Å². The Morgan fingerprint density at radius 3 is 2.48 bits per heavy atom. The molecule has 0 bridgehead atoms. The van der Waals surface area contributed by atoms with Gasteiger partial charge in [-0.1, -0.05) is 30.3 Å². The molecule has 0 radical (unpaired) electrons. The zero-order chi connectivity index (χ0) is 17.8. The van der Waals surface area contributed by atoms with Gasteiger partial charge >= 0.3 is 5.97 Å². The molecule has 0 saturated carbocycles. The summed E-state index contributed by atoms with van der Waals surface area (Å²) in [5, 5.41) is 0. The van der Waals surface area contributed by atoms with Crippen molar-refractivity contribution in [2.24, 2.45) is 5.92 Å². The lowest BCUT2D eigenvalue weighted by Gasteiger charge is -2.25. The van der Waals surface area contributed by atoms with Gasteiger partial charge in [0.1, 0.15) is 12.0 Å². The van der Waals surface area contributed by atoms with Crippen LogP contribution in [0.4, 0.5) is 0 Å². The molecular weight excluding hydrogens is 318 g/mol. The number of rotatable bonds is 5. The maximum Gasteiger partial charge on any atom is 0.316 e. The van der Waals surface area contributed by atoms with E-state index in [4.69, 9.17) is 4.74 Å². The van der Waals surface area contributed by atoms with Crippen molar-refractivity contribution in [2.75, 3.05) is 6.54 Å². The summed E-state index contributed by atoms with van der Waals surface area (Å²) in [7, 11) is 0. The highest BCUT2D eigenvalue weighted by Crippen LogP contribution is 2.29. The van der Waals surface area contributed by atoms with Crippen molar-refractivity contribution in [3.05, 3.63) is 65.7 Å². The van der Waals surface area contributed by atoms with Crippen LogP contribution in [-0.2, 0) is 9.59 Å². The molecular formula is C20H19NO4. The number of hydrogen-bond acceptors (Lipinski definition) is 4. The highest BCUT2D eigenvalue weighted by molar-refractivity contribution is 5.88. The summed E-state index contributed by atoms with van der Waals surface area (Å²) in [5.41, 5.74) is 1.55. The Labute approximate surface area is 146 Å². The van der Waals surface area contributed by atoms with Crippen molar-refractivity contribution in [3.63, 3.8) is 0 Å². The molecule has 1 amide bonds. The number of hydrogen-bond donors (Lipinski definition) is 0. The van der Waals surface area contributed by atoms with Gasteiger partial charge in [-0.05, 0) is 36.8 Å². The first kappa shape index (κ1) is 16.9. The summed E-state index contributed by atoms with van der Waals surface area (Å²) < 4.78 is 5.35. The van der Waals surface area contributed by atoms with Crippen LogP contribution in [0.25, 0.3) is 0 Å². The van der Waals surface area contributed by atoms with Gasteiger partial charge in [0.2, 0.25) is 5.91 Å². The second-order valence-electron chi connectivity index (χ2n) is 6.14. The molecule has 1 heterocycles. The van der Waals surface area contributed by atoms with Crippen LogP contribution in [0.2, 0.25) is 0 Å².